The molecule has 0 aliphatic heterocycles. The standard InChI is InChI=1S/C26H20N4O4S/c1-34-21-12-13-22-20(16-21)14-15-30(22)23(31)17-35(32,33)26-27-24(18-8-4-2-5-9-18)25(28-29-26)19-10-6-3-7-11-19/h2-16H,17H2,1H3. The van der Waals surface area contributed by atoms with E-state index in [1.54, 1.807) is 31.4 Å². The molecule has 3 aromatic carbocycles. The van der Waals surface area contributed by atoms with E-state index in [-0.39, 0.29) is 0 Å². The molecule has 0 radical (unpaired) electrons. The fourth-order valence-electron chi connectivity index (χ4n) is 3.79. The molecule has 0 N–H and O–H groups in total. The number of carbonyl (C=O) groups is 1. The van der Waals surface area contributed by atoms with E-state index in [9.17, 15) is 13.2 Å². The Hall–Kier alpha value is -4.37. The lowest BCUT2D eigenvalue weighted by Crippen LogP contribution is -2.23. The third-order valence-electron chi connectivity index (χ3n) is 5.52. The second-order valence-electron chi connectivity index (χ2n) is 7.79. The summed E-state index contributed by atoms with van der Waals surface area (Å²) in [7, 11) is -2.62. The summed E-state index contributed by atoms with van der Waals surface area (Å²) in [6, 6.07) is 25.3. The molecule has 0 atom stereocenters. The SMILES string of the molecule is COc1ccc2c(ccn2C(=O)CS(=O)(=O)c2nnc(-c3ccccc3)c(-c3ccccc3)n2)c1. The maximum atomic E-state index is 13.2. The highest BCUT2D eigenvalue weighted by Crippen LogP contribution is 2.29. The molecule has 0 saturated heterocycles. The van der Waals surface area contributed by atoms with Gasteiger partial charge in [-0.05, 0) is 24.3 Å². The molecule has 0 spiro atoms. The second-order valence-corrected chi connectivity index (χ2v) is 9.67. The minimum absolute atomic E-state index is 0.372. The van der Waals surface area contributed by atoms with Crippen LogP contribution in [-0.4, -0.2) is 46.9 Å². The predicted molar refractivity (Wildman–Crippen MR) is 132 cm³/mol. The third-order valence-corrected chi connectivity index (χ3v) is 6.88. The van der Waals surface area contributed by atoms with E-state index >= 15 is 0 Å². The summed E-state index contributed by atoms with van der Waals surface area (Å²) in [5.74, 6) is -0.785. The molecule has 0 unspecified atom stereocenters. The van der Waals surface area contributed by atoms with Gasteiger partial charge in [-0.1, -0.05) is 60.7 Å². The highest BCUT2D eigenvalue weighted by atomic mass is 32.2. The second kappa shape index (κ2) is 9.11. The van der Waals surface area contributed by atoms with E-state index in [2.05, 4.69) is 15.2 Å². The van der Waals surface area contributed by atoms with Gasteiger partial charge in [0, 0.05) is 22.7 Å². The van der Waals surface area contributed by atoms with Gasteiger partial charge in [0.2, 0.25) is 15.7 Å². The monoisotopic (exact) mass is 484 g/mol. The van der Waals surface area contributed by atoms with Crippen molar-refractivity contribution in [2.75, 3.05) is 12.9 Å². The number of hydrogen-bond donors (Lipinski definition) is 0. The van der Waals surface area contributed by atoms with Crippen molar-refractivity contribution in [3.63, 3.8) is 0 Å². The number of rotatable bonds is 6. The van der Waals surface area contributed by atoms with Crippen LogP contribution in [0.25, 0.3) is 33.4 Å². The Morgan fingerprint density at radius 3 is 2.17 bits per heavy atom. The van der Waals surface area contributed by atoms with Gasteiger partial charge in [0.15, 0.2) is 0 Å². The number of nitrogens with zero attached hydrogens (tertiary/aromatic N) is 4. The normalized spacial score (nSPS) is 11.5. The molecule has 0 bridgehead atoms. The van der Waals surface area contributed by atoms with Gasteiger partial charge < -0.3 is 4.74 Å². The topological polar surface area (TPSA) is 104 Å². The Balaban J connectivity index is 1.52. The molecule has 5 aromatic rings. The lowest BCUT2D eigenvalue weighted by atomic mass is 10.0. The number of fused-ring (bicyclic) bond motifs is 1. The molecule has 2 aromatic heterocycles. The van der Waals surface area contributed by atoms with Gasteiger partial charge >= 0.3 is 0 Å². The molecule has 174 valence electrons. The fourth-order valence-corrected chi connectivity index (χ4v) is 4.78. The van der Waals surface area contributed by atoms with Crippen LogP contribution in [0.4, 0.5) is 0 Å². The van der Waals surface area contributed by atoms with Gasteiger partial charge in [0.25, 0.3) is 5.16 Å². The van der Waals surface area contributed by atoms with Crippen molar-refractivity contribution in [1.29, 1.82) is 0 Å². The Kier molecular flexibility index (Phi) is 5.84. The zero-order valence-corrected chi connectivity index (χ0v) is 19.5. The molecule has 0 fully saturated rings. The molecule has 0 amide bonds. The van der Waals surface area contributed by atoms with Crippen molar-refractivity contribution in [2.45, 2.75) is 5.16 Å². The smallest absolute Gasteiger partial charge is 0.268 e. The Morgan fingerprint density at radius 1 is 0.857 bits per heavy atom. The average molecular weight is 485 g/mol. The van der Waals surface area contributed by atoms with Gasteiger partial charge in [0.05, 0.1) is 12.6 Å². The van der Waals surface area contributed by atoms with Crippen LogP contribution in [0, 0.1) is 0 Å². The zero-order valence-electron chi connectivity index (χ0n) is 18.7. The van der Waals surface area contributed by atoms with Crippen LogP contribution in [0.15, 0.2) is 96.3 Å². The summed E-state index contributed by atoms with van der Waals surface area (Å²) in [5.41, 5.74) is 2.84. The summed E-state index contributed by atoms with van der Waals surface area (Å²) in [4.78, 5) is 17.4. The van der Waals surface area contributed by atoms with Gasteiger partial charge in [-0.3, -0.25) is 9.36 Å². The molecule has 0 aliphatic carbocycles. The van der Waals surface area contributed by atoms with E-state index in [0.717, 1.165) is 10.9 Å². The molecule has 0 saturated carbocycles. The van der Waals surface area contributed by atoms with Crippen LogP contribution < -0.4 is 4.74 Å². The molecule has 0 aliphatic rings. The summed E-state index contributed by atoms with van der Waals surface area (Å²) in [5, 5.41) is 8.37. The number of benzene rings is 3. The number of ether oxygens (including phenoxy) is 1. The van der Waals surface area contributed by atoms with Crippen LogP contribution in [0.2, 0.25) is 0 Å². The van der Waals surface area contributed by atoms with Crippen molar-refractivity contribution >= 4 is 26.6 Å². The first-order valence-electron chi connectivity index (χ1n) is 10.7. The largest absolute Gasteiger partial charge is 0.497 e. The average Bonchev–Trinajstić information content (AvgIpc) is 3.32. The van der Waals surface area contributed by atoms with Crippen LogP contribution in [-0.2, 0) is 9.84 Å². The van der Waals surface area contributed by atoms with Crippen molar-refractivity contribution in [1.82, 2.24) is 19.7 Å². The number of methoxy groups -OCH3 is 1. The number of hydrogen-bond acceptors (Lipinski definition) is 7. The number of carbonyl (C=O) groups excluding carboxylic acids is 1. The molecule has 8 nitrogen and oxygen atoms in total. The van der Waals surface area contributed by atoms with Crippen molar-refractivity contribution in [3.8, 4) is 28.3 Å². The lowest BCUT2D eigenvalue weighted by Gasteiger charge is -2.10. The van der Waals surface area contributed by atoms with E-state index in [0.29, 0.717) is 28.2 Å². The summed E-state index contributed by atoms with van der Waals surface area (Å²) in [6.07, 6.45) is 1.54. The first kappa shape index (κ1) is 22.4. The summed E-state index contributed by atoms with van der Waals surface area (Å²) < 4.78 is 32.9. The van der Waals surface area contributed by atoms with E-state index < -0.39 is 26.7 Å². The van der Waals surface area contributed by atoms with Crippen LogP contribution >= 0.6 is 0 Å². The Bertz CT molecular complexity index is 1630. The van der Waals surface area contributed by atoms with E-state index in [4.69, 9.17) is 4.74 Å². The highest BCUT2D eigenvalue weighted by molar-refractivity contribution is 7.91. The molecule has 9 heteroatoms. The fraction of sp³-hybridized carbons (Fsp3) is 0.0769. The van der Waals surface area contributed by atoms with Crippen molar-refractivity contribution in [3.05, 3.63) is 91.1 Å². The van der Waals surface area contributed by atoms with Gasteiger partial charge in [-0.15, -0.1) is 10.2 Å². The van der Waals surface area contributed by atoms with Gasteiger partial charge in [-0.2, -0.15) is 0 Å². The van der Waals surface area contributed by atoms with Crippen LogP contribution in [0.3, 0.4) is 0 Å². The molecular weight excluding hydrogens is 464 g/mol. The minimum atomic E-state index is -4.18. The Labute approximate surface area is 201 Å². The number of aromatic nitrogens is 4. The molecular formula is C26H20N4O4S. The number of sulfone groups is 1. The summed E-state index contributed by atoms with van der Waals surface area (Å²) in [6.45, 7) is 0. The van der Waals surface area contributed by atoms with Gasteiger partial charge in [0.1, 0.15) is 22.9 Å². The van der Waals surface area contributed by atoms with Crippen LogP contribution in [0.5, 0.6) is 5.75 Å². The van der Waals surface area contributed by atoms with Crippen molar-refractivity contribution in [2.24, 2.45) is 0 Å². The lowest BCUT2D eigenvalue weighted by molar-refractivity contribution is 0.0945. The minimum Gasteiger partial charge on any atom is -0.497 e. The van der Waals surface area contributed by atoms with E-state index in [1.807, 2.05) is 60.7 Å². The molecule has 2 heterocycles. The maximum absolute atomic E-state index is 13.2. The maximum Gasteiger partial charge on any atom is 0.268 e. The Morgan fingerprint density at radius 2 is 1.51 bits per heavy atom. The quantitative estimate of drug-likeness (QED) is 0.354. The third kappa shape index (κ3) is 4.41. The first-order valence-corrected chi connectivity index (χ1v) is 12.4. The first-order chi connectivity index (χ1) is 17.0. The summed E-state index contributed by atoms with van der Waals surface area (Å²) >= 11 is 0. The van der Waals surface area contributed by atoms with Crippen molar-refractivity contribution < 1.29 is 17.9 Å². The molecule has 35 heavy (non-hydrogen) atoms. The van der Waals surface area contributed by atoms with Gasteiger partial charge in [-0.25, -0.2) is 13.4 Å². The predicted octanol–water partition coefficient (Wildman–Crippen LogP) is 4.28. The zero-order chi connectivity index (χ0) is 24.4. The highest BCUT2D eigenvalue weighted by Gasteiger charge is 2.27. The van der Waals surface area contributed by atoms with Crippen LogP contribution in [0.1, 0.15) is 4.79 Å². The molecule has 5 rings (SSSR count). The van der Waals surface area contributed by atoms with E-state index in [1.165, 1.54) is 10.8 Å².